The lowest BCUT2D eigenvalue weighted by Gasteiger charge is -2.34. The van der Waals surface area contributed by atoms with Crippen molar-refractivity contribution in [3.8, 4) is 0 Å². The van der Waals surface area contributed by atoms with Gasteiger partial charge in [0.1, 0.15) is 0 Å². The molecule has 0 heterocycles. The summed E-state index contributed by atoms with van der Waals surface area (Å²) < 4.78 is 1.70. The second kappa shape index (κ2) is 5.72. The molecule has 0 aliphatic heterocycles. The molecular formula is C12H14Br2ClNO. The molecule has 0 saturated heterocycles. The van der Waals surface area contributed by atoms with Crippen LogP contribution in [0.5, 0.6) is 0 Å². The van der Waals surface area contributed by atoms with Gasteiger partial charge in [-0.15, -0.1) is 11.6 Å². The Bertz CT molecular complexity index is 435. The molecule has 0 aromatic heterocycles. The highest BCUT2D eigenvalue weighted by molar-refractivity contribution is 9.11. The van der Waals surface area contributed by atoms with E-state index in [0.29, 0.717) is 11.4 Å². The molecule has 0 radical (unpaired) electrons. The highest BCUT2D eigenvalue weighted by Crippen LogP contribution is 2.25. The van der Waals surface area contributed by atoms with Gasteiger partial charge in [-0.25, -0.2) is 0 Å². The Morgan fingerprint density at radius 2 is 2.00 bits per heavy atom. The lowest BCUT2D eigenvalue weighted by atomic mass is 10.0. The van der Waals surface area contributed by atoms with Crippen molar-refractivity contribution in [3.63, 3.8) is 0 Å². The van der Waals surface area contributed by atoms with Crippen LogP contribution in [0.1, 0.15) is 24.2 Å². The Kier molecular flexibility index (Phi) is 5.05. The molecule has 1 rings (SSSR count). The predicted molar refractivity (Wildman–Crippen MR) is 78.7 cm³/mol. The molecule has 0 unspecified atom stereocenters. The lowest BCUT2D eigenvalue weighted by molar-refractivity contribution is 0.0659. The molecule has 94 valence electrons. The van der Waals surface area contributed by atoms with Gasteiger partial charge in [-0.1, -0.05) is 15.9 Å². The van der Waals surface area contributed by atoms with E-state index in [4.69, 9.17) is 11.6 Å². The highest BCUT2D eigenvalue weighted by atomic mass is 79.9. The van der Waals surface area contributed by atoms with Crippen molar-refractivity contribution in [2.75, 3.05) is 12.9 Å². The fraction of sp³-hybridized carbons (Fsp3) is 0.417. The smallest absolute Gasteiger partial charge is 0.255 e. The molecule has 5 heteroatoms. The lowest BCUT2D eigenvalue weighted by Crippen LogP contribution is -2.46. The second-order valence-corrected chi connectivity index (χ2v) is 6.47. The number of amides is 1. The quantitative estimate of drug-likeness (QED) is 0.713. The molecule has 0 N–H and O–H groups in total. The Labute approximate surface area is 124 Å². The normalized spacial score (nSPS) is 11.4. The van der Waals surface area contributed by atoms with Gasteiger partial charge in [-0.05, 0) is 48.0 Å². The average Bonchev–Trinajstić information content (AvgIpc) is 2.27. The van der Waals surface area contributed by atoms with E-state index in [9.17, 15) is 4.79 Å². The van der Waals surface area contributed by atoms with Gasteiger partial charge in [0.15, 0.2) is 0 Å². The summed E-state index contributed by atoms with van der Waals surface area (Å²) in [5.41, 5.74) is 0.263. The second-order valence-electron chi connectivity index (χ2n) is 4.43. The van der Waals surface area contributed by atoms with E-state index in [0.717, 1.165) is 8.95 Å². The van der Waals surface area contributed by atoms with Crippen molar-refractivity contribution in [3.05, 3.63) is 32.7 Å². The minimum atomic E-state index is -0.370. The van der Waals surface area contributed by atoms with Crippen LogP contribution in [0, 0.1) is 0 Å². The third kappa shape index (κ3) is 3.46. The van der Waals surface area contributed by atoms with Crippen LogP contribution in [0.3, 0.4) is 0 Å². The van der Waals surface area contributed by atoms with Crippen molar-refractivity contribution < 1.29 is 4.79 Å². The van der Waals surface area contributed by atoms with E-state index >= 15 is 0 Å². The third-order valence-corrected chi connectivity index (χ3v) is 4.50. The fourth-order valence-electron chi connectivity index (χ4n) is 1.21. The number of carbonyl (C=O) groups excluding carboxylic acids is 1. The molecule has 1 amide bonds. The minimum Gasteiger partial charge on any atom is -0.335 e. The van der Waals surface area contributed by atoms with Crippen LogP contribution < -0.4 is 0 Å². The van der Waals surface area contributed by atoms with E-state index in [1.54, 1.807) is 18.0 Å². The summed E-state index contributed by atoms with van der Waals surface area (Å²) >= 11 is 12.6. The Balaban J connectivity index is 3.05. The molecule has 17 heavy (non-hydrogen) atoms. The van der Waals surface area contributed by atoms with Crippen LogP contribution in [0.2, 0.25) is 0 Å². The number of halogens is 3. The first kappa shape index (κ1) is 15.0. The van der Waals surface area contributed by atoms with Crippen molar-refractivity contribution in [2.24, 2.45) is 0 Å². The van der Waals surface area contributed by atoms with Crippen molar-refractivity contribution >= 4 is 49.4 Å². The van der Waals surface area contributed by atoms with Crippen molar-refractivity contribution in [1.82, 2.24) is 4.90 Å². The first-order valence-electron chi connectivity index (χ1n) is 5.09. The largest absolute Gasteiger partial charge is 0.335 e. The monoisotopic (exact) mass is 381 g/mol. The fourth-order valence-corrected chi connectivity index (χ4v) is 2.60. The van der Waals surface area contributed by atoms with Crippen LogP contribution in [-0.4, -0.2) is 29.3 Å². The maximum absolute atomic E-state index is 12.3. The summed E-state index contributed by atoms with van der Waals surface area (Å²) in [4.78, 5) is 14.0. The Hall–Kier alpha value is -0.0600. The zero-order valence-corrected chi connectivity index (χ0v) is 13.9. The zero-order valence-electron chi connectivity index (χ0n) is 9.93. The number of rotatable bonds is 3. The molecule has 2 nitrogen and oxygen atoms in total. The van der Waals surface area contributed by atoms with Crippen LogP contribution >= 0.6 is 43.5 Å². The molecule has 0 aliphatic carbocycles. The maximum atomic E-state index is 12.3. The number of alkyl halides is 1. The minimum absolute atomic E-state index is 0.0463. The Morgan fingerprint density at radius 3 is 2.47 bits per heavy atom. The summed E-state index contributed by atoms with van der Waals surface area (Å²) in [7, 11) is 1.76. The van der Waals surface area contributed by atoms with Gasteiger partial charge in [0.2, 0.25) is 0 Å². The molecule has 0 saturated carbocycles. The summed E-state index contributed by atoms with van der Waals surface area (Å²) in [6, 6.07) is 5.49. The topological polar surface area (TPSA) is 20.3 Å². The summed E-state index contributed by atoms with van der Waals surface area (Å²) in [5, 5.41) is 0. The van der Waals surface area contributed by atoms with E-state index < -0.39 is 0 Å². The van der Waals surface area contributed by atoms with E-state index in [2.05, 4.69) is 31.9 Å². The third-order valence-electron chi connectivity index (χ3n) is 2.70. The van der Waals surface area contributed by atoms with Crippen LogP contribution in [0.15, 0.2) is 27.1 Å². The van der Waals surface area contributed by atoms with Gasteiger partial charge in [-0.2, -0.15) is 0 Å². The summed E-state index contributed by atoms with van der Waals surface area (Å²) in [6.07, 6.45) is 0. The van der Waals surface area contributed by atoms with Crippen LogP contribution in [0.4, 0.5) is 0 Å². The molecule has 0 spiro atoms. The molecule has 0 fully saturated rings. The van der Waals surface area contributed by atoms with Crippen LogP contribution in [0.25, 0.3) is 0 Å². The molecule has 1 aromatic rings. The number of hydrogen-bond acceptors (Lipinski definition) is 1. The zero-order chi connectivity index (χ0) is 13.2. The van der Waals surface area contributed by atoms with Gasteiger partial charge in [0.25, 0.3) is 5.91 Å². The SMILES string of the molecule is CN(C(=O)c1ccc(Br)cc1Br)C(C)(C)CCl. The first-order chi connectivity index (χ1) is 7.79. The van der Waals surface area contributed by atoms with E-state index in [1.165, 1.54) is 0 Å². The first-order valence-corrected chi connectivity index (χ1v) is 7.21. The molecule has 0 atom stereocenters. The number of benzene rings is 1. The molecule has 1 aromatic carbocycles. The number of hydrogen-bond donors (Lipinski definition) is 0. The standard InChI is InChI=1S/C12H14Br2ClNO/c1-12(2,7-15)16(3)11(17)9-5-4-8(13)6-10(9)14/h4-6H,7H2,1-3H3. The highest BCUT2D eigenvalue weighted by Gasteiger charge is 2.28. The van der Waals surface area contributed by atoms with Crippen molar-refractivity contribution in [2.45, 2.75) is 19.4 Å². The molecular weight excluding hydrogens is 369 g/mol. The summed E-state index contributed by atoms with van der Waals surface area (Å²) in [6.45, 7) is 3.87. The molecule has 0 bridgehead atoms. The van der Waals surface area contributed by atoms with Gasteiger partial charge in [0, 0.05) is 21.9 Å². The van der Waals surface area contributed by atoms with E-state index in [-0.39, 0.29) is 11.4 Å². The Morgan fingerprint density at radius 1 is 1.41 bits per heavy atom. The average molecular weight is 384 g/mol. The van der Waals surface area contributed by atoms with E-state index in [1.807, 2.05) is 26.0 Å². The number of carbonyl (C=O) groups is 1. The maximum Gasteiger partial charge on any atom is 0.255 e. The molecule has 0 aliphatic rings. The van der Waals surface area contributed by atoms with Crippen molar-refractivity contribution in [1.29, 1.82) is 0 Å². The summed E-state index contributed by atoms with van der Waals surface area (Å²) in [5.74, 6) is 0.346. The number of nitrogens with zero attached hydrogens (tertiary/aromatic N) is 1. The van der Waals surface area contributed by atoms with Gasteiger partial charge in [0.05, 0.1) is 11.1 Å². The van der Waals surface area contributed by atoms with Crippen LogP contribution in [-0.2, 0) is 0 Å². The van der Waals surface area contributed by atoms with Gasteiger partial charge >= 0.3 is 0 Å². The predicted octanol–water partition coefficient (Wildman–Crippen LogP) is 4.30. The van der Waals surface area contributed by atoms with Gasteiger partial charge in [-0.3, -0.25) is 4.79 Å². The van der Waals surface area contributed by atoms with Gasteiger partial charge < -0.3 is 4.90 Å².